The summed E-state index contributed by atoms with van der Waals surface area (Å²) >= 11 is 0. The SMILES string of the molecule is Cc1cc(C(C)NC(=O)c2cc(C)c(OCC(F)F)cn2)cc(NCC(C)C)n1. The van der Waals surface area contributed by atoms with E-state index >= 15 is 0 Å². The molecule has 0 saturated heterocycles. The third-order valence-corrected chi connectivity index (χ3v) is 4.18. The summed E-state index contributed by atoms with van der Waals surface area (Å²) < 4.78 is 29.6. The fraction of sp³-hybridized carbons (Fsp3) is 0.476. The quantitative estimate of drug-likeness (QED) is 0.649. The van der Waals surface area contributed by atoms with E-state index in [1.807, 2.05) is 26.0 Å². The van der Waals surface area contributed by atoms with Gasteiger partial charge in [-0.15, -0.1) is 0 Å². The van der Waals surface area contributed by atoms with Crippen LogP contribution in [0.2, 0.25) is 0 Å². The number of rotatable bonds is 9. The third-order valence-electron chi connectivity index (χ3n) is 4.18. The molecule has 0 aromatic carbocycles. The molecule has 29 heavy (non-hydrogen) atoms. The summed E-state index contributed by atoms with van der Waals surface area (Å²) in [6, 6.07) is 5.10. The van der Waals surface area contributed by atoms with E-state index < -0.39 is 13.0 Å². The molecule has 1 atom stereocenters. The van der Waals surface area contributed by atoms with Crippen molar-refractivity contribution >= 4 is 11.7 Å². The van der Waals surface area contributed by atoms with Crippen LogP contribution in [0.15, 0.2) is 24.4 Å². The molecule has 2 heterocycles. The zero-order chi connectivity index (χ0) is 21.6. The Balaban J connectivity index is 2.07. The molecule has 2 N–H and O–H groups in total. The molecule has 8 heteroatoms. The van der Waals surface area contributed by atoms with Crippen molar-refractivity contribution < 1.29 is 18.3 Å². The van der Waals surface area contributed by atoms with Crippen LogP contribution in [-0.2, 0) is 0 Å². The molecule has 0 aliphatic carbocycles. The summed E-state index contributed by atoms with van der Waals surface area (Å²) in [5.74, 6) is 1.14. The Morgan fingerprint density at radius 2 is 1.90 bits per heavy atom. The highest BCUT2D eigenvalue weighted by Gasteiger charge is 2.16. The van der Waals surface area contributed by atoms with Gasteiger partial charge in [0.1, 0.15) is 23.9 Å². The lowest BCUT2D eigenvalue weighted by atomic mass is 10.1. The molecule has 0 spiro atoms. The second-order valence-electron chi connectivity index (χ2n) is 7.43. The highest BCUT2D eigenvalue weighted by molar-refractivity contribution is 5.92. The molecule has 2 rings (SSSR count). The Morgan fingerprint density at radius 1 is 1.17 bits per heavy atom. The van der Waals surface area contributed by atoms with E-state index in [0.29, 0.717) is 11.5 Å². The Bertz CT molecular complexity index is 843. The lowest BCUT2D eigenvalue weighted by Gasteiger charge is -2.17. The minimum Gasteiger partial charge on any atom is -0.486 e. The number of ether oxygens (including phenoxy) is 1. The van der Waals surface area contributed by atoms with Crippen LogP contribution in [0.5, 0.6) is 5.75 Å². The van der Waals surface area contributed by atoms with Gasteiger partial charge in [-0.3, -0.25) is 4.79 Å². The maximum Gasteiger partial charge on any atom is 0.272 e. The Hall–Kier alpha value is -2.77. The Morgan fingerprint density at radius 3 is 2.52 bits per heavy atom. The minimum absolute atomic E-state index is 0.197. The number of nitrogens with zero attached hydrogens (tertiary/aromatic N) is 2. The van der Waals surface area contributed by atoms with Gasteiger partial charge < -0.3 is 15.4 Å². The molecule has 0 aliphatic rings. The number of carbonyl (C=O) groups is 1. The van der Waals surface area contributed by atoms with Gasteiger partial charge in [0.05, 0.1) is 12.2 Å². The normalized spacial score (nSPS) is 12.2. The van der Waals surface area contributed by atoms with Crippen molar-refractivity contribution in [2.24, 2.45) is 5.92 Å². The van der Waals surface area contributed by atoms with Crippen LogP contribution >= 0.6 is 0 Å². The molecule has 0 bridgehead atoms. The van der Waals surface area contributed by atoms with Gasteiger partial charge in [0.2, 0.25) is 0 Å². The zero-order valence-electron chi connectivity index (χ0n) is 17.4. The largest absolute Gasteiger partial charge is 0.486 e. The molecule has 0 radical (unpaired) electrons. The third kappa shape index (κ3) is 6.96. The van der Waals surface area contributed by atoms with Crippen molar-refractivity contribution in [1.82, 2.24) is 15.3 Å². The summed E-state index contributed by atoms with van der Waals surface area (Å²) in [7, 11) is 0. The van der Waals surface area contributed by atoms with Crippen LogP contribution in [0.3, 0.4) is 0 Å². The van der Waals surface area contributed by atoms with Crippen molar-refractivity contribution in [1.29, 1.82) is 0 Å². The van der Waals surface area contributed by atoms with E-state index in [1.54, 1.807) is 6.92 Å². The van der Waals surface area contributed by atoms with E-state index in [4.69, 9.17) is 4.74 Å². The highest BCUT2D eigenvalue weighted by Crippen LogP contribution is 2.20. The molecule has 1 unspecified atom stereocenters. The van der Waals surface area contributed by atoms with Crippen LogP contribution in [-0.4, -0.2) is 35.5 Å². The van der Waals surface area contributed by atoms with Crippen molar-refractivity contribution in [3.63, 3.8) is 0 Å². The fourth-order valence-electron chi connectivity index (χ4n) is 2.67. The van der Waals surface area contributed by atoms with Crippen molar-refractivity contribution in [3.8, 4) is 5.75 Å². The van der Waals surface area contributed by atoms with E-state index in [1.165, 1.54) is 12.3 Å². The molecule has 158 valence electrons. The zero-order valence-corrected chi connectivity index (χ0v) is 17.4. The average molecular weight is 406 g/mol. The summed E-state index contributed by atoms with van der Waals surface area (Å²) in [6.45, 7) is 9.80. The second kappa shape index (κ2) is 10.1. The van der Waals surface area contributed by atoms with Gasteiger partial charge in [-0.05, 0) is 56.0 Å². The maximum atomic E-state index is 12.6. The van der Waals surface area contributed by atoms with Gasteiger partial charge in [-0.2, -0.15) is 0 Å². The summed E-state index contributed by atoms with van der Waals surface area (Å²) in [6.07, 6.45) is -1.27. The number of alkyl halides is 2. The number of nitrogens with one attached hydrogen (secondary N) is 2. The number of aromatic nitrogens is 2. The monoisotopic (exact) mass is 406 g/mol. The van der Waals surface area contributed by atoms with Crippen molar-refractivity contribution in [2.75, 3.05) is 18.5 Å². The van der Waals surface area contributed by atoms with E-state index in [-0.39, 0.29) is 23.4 Å². The molecular weight excluding hydrogens is 378 g/mol. The number of pyridine rings is 2. The van der Waals surface area contributed by atoms with E-state index in [2.05, 4.69) is 34.4 Å². The number of hydrogen-bond acceptors (Lipinski definition) is 5. The van der Waals surface area contributed by atoms with Gasteiger partial charge in [-0.1, -0.05) is 13.8 Å². The number of halogens is 2. The fourth-order valence-corrected chi connectivity index (χ4v) is 2.67. The van der Waals surface area contributed by atoms with Gasteiger partial charge in [0.25, 0.3) is 12.3 Å². The molecule has 2 aromatic heterocycles. The maximum absolute atomic E-state index is 12.6. The van der Waals surface area contributed by atoms with Crippen LogP contribution in [0.4, 0.5) is 14.6 Å². The predicted octanol–water partition coefficient (Wildman–Crippen LogP) is 4.30. The number of aryl methyl sites for hydroxylation is 2. The van der Waals surface area contributed by atoms with Crippen LogP contribution in [0.1, 0.15) is 54.1 Å². The van der Waals surface area contributed by atoms with Gasteiger partial charge >= 0.3 is 0 Å². The summed E-state index contributed by atoms with van der Waals surface area (Å²) in [4.78, 5) is 21.1. The molecule has 6 nitrogen and oxygen atoms in total. The highest BCUT2D eigenvalue weighted by atomic mass is 19.3. The van der Waals surface area contributed by atoms with Gasteiger partial charge in [-0.25, -0.2) is 18.7 Å². The van der Waals surface area contributed by atoms with Crippen LogP contribution in [0, 0.1) is 19.8 Å². The lowest BCUT2D eigenvalue weighted by molar-refractivity contribution is 0.0812. The first-order valence-electron chi connectivity index (χ1n) is 9.56. The van der Waals surface area contributed by atoms with Gasteiger partial charge in [0, 0.05) is 12.2 Å². The van der Waals surface area contributed by atoms with Crippen molar-refractivity contribution in [3.05, 3.63) is 46.9 Å². The first-order valence-corrected chi connectivity index (χ1v) is 9.56. The summed E-state index contributed by atoms with van der Waals surface area (Å²) in [5, 5.41) is 6.21. The molecule has 0 saturated carbocycles. The lowest BCUT2D eigenvalue weighted by Crippen LogP contribution is -2.27. The van der Waals surface area contributed by atoms with E-state index in [0.717, 1.165) is 23.6 Å². The Kier molecular flexibility index (Phi) is 7.87. The number of anilines is 1. The van der Waals surface area contributed by atoms with Crippen LogP contribution < -0.4 is 15.4 Å². The van der Waals surface area contributed by atoms with Crippen molar-refractivity contribution in [2.45, 2.75) is 47.1 Å². The first kappa shape index (κ1) is 22.5. The molecule has 0 fully saturated rings. The van der Waals surface area contributed by atoms with Crippen LogP contribution in [0.25, 0.3) is 0 Å². The Labute approximate surface area is 170 Å². The number of hydrogen-bond donors (Lipinski definition) is 2. The topological polar surface area (TPSA) is 76.1 Å². The standard InChI is InChI=1S/C21H28F2N4O2/c1-12(2)9-25-20-8-16(7-14(4)26-20)15(5)27-21(28)17-6-13(3)18(10-24-17)29-11-19(22)23/h6-8,10,12,15,19H,9,11H2,1-5H3,(H,25,26)(H,27,28). The van der Waals surface area contributed by atoms with E-state index in [9.17, 15) is 13.6 Å². The number of amides is 1. The second-order valence-corrected chi connectivity index (χ2v) is 7.43. The molecule has 1 amide bonds. The number of carbonyl (C=O) groups excluding carboxylic acids is 1. The molecular formula is C21H28F2N4O2. The smallest absolute Gasteiger partial charge is 0.272 e. The predicted molar refractivity (Wildman–Crippen MR) is 109 cm³/mol. The first-order chi connectivity index (χ1) is 13.7. The summed E-state index contributed by atoms with van der Waals surface area (Å²) in [5.41, 5.74) is 2.54. The average Bonchev–Trinajstić information content (AvgIpc) is 2.64. The minimum atomic E-state index is -2.57. The van der Waals surface area contributed by atoms with Gasteiger partial charge in [0.15, 0.2) is 0 Å². The molecule has 2 aromatic rings. The molecule has 0 aliphatic heterocycles.